The number of rotatable bonds is 4. The highest BCUT2D eigenvalue weighted by Gasteiger charge is 2.07. The summed E-state index contributed by atoms with van der Waals surface area (Å²) in [5.74, 6) is 0.0391. The Bertz CT molecular complexity index is 551. The van der Waals surface area contributed by atoms with Gasteiger partial charge in [0.2, 0.25) is 0 Å². The second-order valence-corrected chi connectivity index (χ2v) is 3.91. The number of pyridine rings is 1. The van der Waals surface area contributed by atoms with Crippen molar-refractivity contribution in [1.29, 1.82) is 0 Å². The van der Waals surface area contributed by atoms with Gasteiger partial charge in [-0.05, 0) is 13.0 Å². The highest BCUT2D eigenvalue weighted by Crippen LogP contribution is 2.20. The lowest BCUT2D eigenvalue weighted by molar-refractivity contribution is 0.128. The van der Waals surface area contributed by atoms with Crippen LogP contribution in [0.5, 0.6) is 0 Å². The summed E-state index contributed by atoms with van der Waals surface area (Å²) in [7, 11) is 0. The summed E-state index contributed by atoms with van der Waals surface area (Å²) >= 11 is 5.90. The molecule has 2 aromatic rings. The minimum atomic E-state index is -0.423. The third-order valence-electron chi connectivity index (χ3n) is 2.18. The molecular weight excluding hydrogens is 257 g/mol. The third kappa shape index (κ3) is 3.21. The van der Waals surface area contributed by atoms with Crippen LogP contribution < -0.4 is 0 Å². The Morgan fingerprint density at radius 1 is 1.28 bits per heavy atom. The molecule has 0 fully saturated rings. The minimum Gasteiger partial charge on any atom is -0.374 e. The summed E-state index contributed by atoms with van der Waals surface area (Å²) in [6.07, 6.45) is 2.65. The SMILES string of the molecule is CCOCc1nc(Cl)cc(-c2cncc(F)c2)n1. The molecule has 0 spiro atoms. The molecule has 2 rings (SSSR count). The Morgan fingerprint density at radius 2 is 2.11 bits per heavy atom. The predicted molar refractivity (Wildman–Crippen MR) is 65.6 cm³/mol. The molecule has 0 amide bonds. The number of nitrogens with zero attached hydrogens (tertiary/aromatic N) is 3. The second kappa shape index (κ2) is 5.84. The van der Waals surface area contributed by atoms with Crippen LogP contribution in [0.3, 0.4) is 0 Å². The number of halogens is 2. The van der Waals surface area contributed by atoms with Gasteiger partial charge in [0.1, 0.15) is 17.6 Å². The molecule has 0 unspecified atom stereocenters. The van der Waals surface area contributed by atoms with Crippen LogP contribution in [0, 0.1) is 5.82 Å². The lowest BCUT2D eigenvalue weighted by Crippen LogP contribution is -2.01. The molecule has 94 valence electrons. The Labute approximate surface area is 109 Å². The molecule has 2 heterocycles. The normalized spacial score (nSPS) is 10.6. The van der Waals surface area contributed by atoms with Crippen molar-refractivity contribution in [2.75, 3.05) is 6.61 Å². The molecule has 0 radical (unpaired) electrons. The van der Waals surface area contributed by atoms with E-state index in [1.165, 1.54) is 12.3 Å². The first-order valence-electron chi connectivity index (χ1n) is 5.41. The summed E-state index contributed by atoms with van der Waals surface area (Å²) in [6.45, 7) is 2.71. The van der Waals surface area contributed by atoms with Crippen molar-refractivity contribution < 1.29 is 9.13 Å². The van der Waals surface area contributed by atoms with Gasteiger partial charge in [-0.1, -0.05) is 11.6 Å². The molecule has 4 nitrogen and oxygen atoms in total. The van der Waals surface area contributed by atoms with E-state index in [4.69, 9.17) is 16.3 Å². The number of ether oxygens (including phenoxy) is 1. The van der Waals surface area contributed by atoms with Crippen molar-refractivity contribution in [1.82, 2.24) is 15.0 Å². The zero-order valence-corrected chi connectivity index (χ0v) is 10.5. The standard InChI is InChI=1S/C12H11ClFN3O/c1-2-18-7-12-16-10(4-11(13)17-12)8-3-9(14)6-15-5-8/h3-6H,2,7H2,1H3. The summed E-state index contributed by atoms with van der Waals surface area (Å²) in [5, 5.41) is 0.291. The van der Waals surface area contributed by atoms with Gasteiger partial charge in [0, 0.05) is 24.4 Å². The molecule has 0 saturated carbocycles. The van der Waals surface area contributed by atoms with Gasteiger partial charge in [0.15, 0.2) is 5.82 Å². The van der Waals surface area contributed by atoms with E-state index in [2.05, 4.69) is 15.0 Å². The lowest BCUT2D eigenvalue weighted by atomic mass is 10.2. The average molecular weight is 268 g/mol. The molecule has 0 aromatic carbocycles. The maximum Gasteiger partial charge on any atom is 0.156 e. The van der Waals surface area contributed by atoms with Crippen LogP contribution in [-0.4, -0.2) is 21.6 Å². The summed E-state index contributed by atoms with van der Waals surface area (Å²) in [6, 6.07) is 2.91. The van der Waals surface area contributed by atoms with E-state index in [1.54, 1.807) is 6.07 Å². The van der Waals surface area contributed by atoms with Gasteiger partial charge in [-0.25, -0.2) is 14.4 Å². The van der Waals surface area contributed by atoms with Crippen molar-refractivity contribution in [2.24, 2.45) is 0 Å². The first-order valence-corrected chi connectivity index (χ1v) is 5.79. The van der Waals surface area contributed by atoms with E-state index >= 15 is 0 Å². The van der Waals surface area contributed by atoms with Crippen LogP contribution >= 0.6 is 11.6 Å². The smallest absolute Gasteiger partial charge is 0.156 e. The maximum atomic E-state index is 13.1. The molecule has 0 aliphatic heterocycles. The van der Waals surface area contributed by atoms with Gasteiger partial charge in [0.05, 0.1) is 11.9 Å². The van der Waals surface area contributed by atoms with Gasteiger partial charge in [-0.2, -0.15) is 0 Å². The highest BCUT2D eigenvalue weighted by atomic mass is 35.5. The van der Waals surface area contributed by atoms with E-state index < -0.39 is 5.82 Å². The average Bonchev–Trinajstić information content (AvgIpc) is 2.36. The molecule has 0 aliphatic rings. The topological polar surface area (TPSA) is 47.9 Å². The highest BCUT2D eigenvalue weighted by molar-refractivity contribution is 6.29. The van der Waals surface area contributed by atoms with Crippen LogP contribution in [-0.2, 0) is 11.3 Å². The van der Waals surface area contributed by atoms with E-state index in [-0.39, 0.29) is 6.61 Å². The lowest BCUT2D eigenvalue weighted by Gasteiger charge is -2.05. The van der Waals surface area contributed by atoms with E-state index in [9.17, 15) is 4.39 Å². The zero-order chi connectivity index (χ0) is 13.0. The Balaban J connectivity index is 2.35. The molecule has 0 aliphatic carbocycles. The molecule has 0 bridgehead atoms. The fraction of sp³-hybridized carbons (Fsp3) is 0.250. The van der Waals surface area contributed by atoms with Crippen LogP contribution in [0.15, 0.2) is 24.5 Å². The zero-order valence-electron chi connectivity index (χ0n) is 9.73. The predicted octanol–water partition coefficient (Wildman–Crippen LogP) is 2.87. The van der Waals surface area contributed by atoms with Gasteiger partial charge in [-0.3, -0.25) is 4.98 Å². The van der Waals surface area contributed by atoms with Crippen molar-refractivity contribution in [3.05, 3.63) is 41.3 Å². The van der Waals surface area contributed by atoms with Crippen molar-refractivity contribution in [3.8, 4) is 11.3 Å². The second-order valence-electron chi connectivity index (χ2n) is 3.52. The maximum absolute atomic E-state index is 13.1. The quantitative estimate of drug-likeness (QED) is 0.799. The molecule has 18 heavy (non-hydrogen) atoms. The third-order valence-corrected chi connectivity index (χ3v) is 2.37. The Hall–Kier alpha value is -1.59. The fourth-order valence-corrected chi connectivity index (χ4v) is 1.62. The Kier molecular flexibility index (Phi) is 4.17. The molecule has 2 aromatic heterocycles. The molecule has 6 heteroatoms. The number of aromatic nitrogens is 3. The number of hydrogen-bond acceptors (Lipinski definition) is 4. The first-order chi connectivity index (χ1) is 8.69. The van der Waals surface area contributed by atoms with Crippen LogP contribution in [0.2, 0.25) is 5.15 Å². The van der Waals surface area contributed by atoms with Crippen LogP contribution in [0.1, 0.15) is 12.7 Å². The molecule has 0 saturated heterocycles. The van der Waals surface area contributed by atoms with E-state index in [0.717, 1.165) is 6.20 Å². The number of hydrogen-bond donors (Lipinski definition) is 0. The molecule has 0 atom stereocenters. The van der Waals surface area contributed by atoms with Crippen molar-refractivity contribution in [3.63, 3.8) is 0 Å². The monoisotopic (exact) mass is 267 g/mol. The fourth-order valence-electron chi connectivity index (χ4n) is 1.42. The van der Waals surface area contributed by atoms with Gasteiger partial charge in [-0.15, -0.1) is 0 Å². The van der Waals surface area contributed by atoms with Crippen LogP contribution in [0.25, 0.3) is 11.3 Å². The van der Waals surface area contributed by atoms with Gasteiger partial charge >= 0.3 is 0 Å². The minimum absolute atomic E-state index is 0.271. The van der Waals surface area contributed by atoms with Crippen molar-refractivity contribution in [2.45, 2.75) is 13.5 Å². The largest absolute Gasteiger partial charge is 0.374 e. The summed E-state index contributed by atoms with van der Waals surface area (Å²) < 4.78 is 18.3. The van der Waals surface area contributed by atoms with Crippen molar-refractivity contribution >= 4 is 11.6 Å². The first kappa shape index (κ1) is 12.9. The molecular formula is C12H11ClFN3O. The van der Waals surface area contributed by atoms with Crippen LogP contribution in [0.4, 0.5) is 4.39 Å². The van der Waals surface area contributed by atoms with Gasteiger partial charge in [0.25, 0.3) is 0 Å². The Morgan fingerprint density at radius 3 is 2.83 bits per heavy atom. The summed E-state index contributed by atoms with van der Waals surface area (Å²) in [5.41, 5.74) is 1.08. The van der Waals surface area contributed by atoms with E-state index in [0.29, 0.717) is 28.8 Å². The van der Waals surface area contributed by atoms with E-state index in [1.807, 2.05) is 6.92 Å². The summed E-state index contributed by atoms with van der Waals surface area (Å²) in [4.78, 5) is 12.1. The molecule has 0 N–H and O–H groups in total. The van der Waals surface area contributed by atoms with Gasteiger partial charge < -0.3 is 4.74 Å².